The van der Waals surface area contributed by atoms with Gasteiger partial charge in [-0.1, -0.05) is 36.0 Å². The average Bonchev–Trinajstić information content (AvgIpc) is 3.18. The number of para-hydroxylation sites is 2. The lowest BCUT2D eigenvalue weighted by Gasteiger charge is -2.11. The zero-order chi connectivity index (χ0) is 23.8. The molecule has 0 fully saturated rings. The summed E-state index contributed by atoms with van der Waals surface area (Å²) in [4.78, 5) is 12.3. The van der Waals surface area contributed by atoms with Crippen LogP contribution in [0.25, 0.3) is 0 Å². The maximum absolute atomic E-state index is 12.8. The van der Waals surface area contributed by atoms with Crippen LogP contribution in [0.2, 0.25) is 0 Å². The van der Waals surface area contributed by atoms with E-state index in [0.717, 1.165) is 23.9 Å². The highest BCUT2D eigenvalue weighted by molar-refractivity contribution is 7.99. The number of alkyl halides is 3. The highest BCUT2D eigenvalue weighted by Gasteiger charge is 2.30. The Morgan fingerprint density at radius 1 is 1.18 bits per heavy atom. The van der Waals surface area contributed by atoms with Crippen molar-refractivity contribution >= 4 is 23.4 Å². The third-order valence-corrected chi connectivity index (χ3v) is 5.30. The van der Waals surface area contributed by atoms with Gasteiger partial charge < -0.3 is 14.8 Å². The first-order chi connectivity index (χ1) is 15.8. The fourth-order valence-electron chi connectivity index (χ4n) is 2.83. The lowest BCUT2D eigenvalue weighted by molar-refractivity contribution is -0.137. The lowest BCUT2D eigenvalue weighted by Crippen LogP contribution is -2.15. The van der Waals surface area contributed by atoms with E-state index in [9.17, 15) is 18.0 Å². The highest BCUT2D eigenvalue weighted by atomic mass is 32.2. The van der Waals surface area contributed by atoms with Crippen molar-refractivity contribution in [1.29, 1.82) is 0 Å². The van der Waals surface area contributed by atoms with E-state index in [1.807, 2.05) is 12.1 Å². The summed E-state index contributed by atoms with van der Waals surface area (Å²) < 4.78 is 51.3. The zero-order valence-electron chi connectivity index (χ0n) is 17.6. The van der Waals surface area contributed by atoms with Gasteiger partial charge in [0.1, 0.15) is 6.61 Å². The molecule has 0 saturated carbocycles. The molecule has 11 heteroatoms. The minimum atomic E-state index is -4.49. The number of anilines is 1. The quantitative estimate of drug-likeness (QED) is 0.333. The van der Waals surface area contributed by atoms with E-state index >= 15 is 0 Å². The summed E-state index contributed by atoms with van der Waals surface area (Å²) in [6, 6.07) is 11.6. The van der Waals surface area contributed by atoms with Crippen molar-refractivity contribution in [1.82, 2.24) is 14.8 Å². The Labute approximate surface area is 192 Å². The number of halogens is 3. The number of nitrogens with one attached hydrogen (secondary N) is 1. The van der Waals surface area contributed by atoms with E-state index in [2.05, 4.69) is 22.1 Å². The molecule has 1 heterocycles. The van der Waals surface area contributed by atoms with Crippen LogP contribution < -0.4 is 14.8 Å². The molecule has 0 saturated heterocycles. The number of ether oxygens (including phenoxy) is 2. The van der Waals surface area contributed by atoms with Crippen molar-refractivity contribution in [2.45, 2.75) is 24.5 Å². The largest absolute Gasteiger partial charge is 0.493 e. The topological polar surface area (TPSA) is 78.3 Å². The fourth-order valence-corrected chi connectivity index (χ4v) is 3.59. The molecule has 3 aromatic rings. The van der Waals surface area contributed by atoms with Crippen molar-refractivity contribution in [3.05, 3.63) is 72.6 Å². The van der Waals surface area contributed by atoms with Crippen LogP contribution in [-0.4, -0.2) is 33.5 Å². The Morgan fingerprint density at radius 2 is 1.94 bits per heavy atom. The Kier molecular flexibility index (Phi) is 7.99. The Hall–Kier alpha value is -3.47. The van der Waals surface area contributed by atoms with E-state index in [4.69, 9.17) is 9.47 Å². The second-order valence-corrected chi connectivity index (χ2v) is 7.60. The van der Waals surface area contributed by atoms with Crippen molar-refractivity contribution in [2.24, 2.45) is 0 Å². The second kappa shape index (κ2) is 10.9. The molecule has 0 bridgehead atoms. The van der Waals surface area contributed by atoms with Gasteiger partial charge in [0.25, 0.3) is 0 Å². The molecule has 33 heavy (non-hydrogen) atoms. The Bertz CT molecular complexity index is 1120. The predicted molar refractivity (Wildman–Crippen MR) is 118 cm³/mol. The number of rotatable bonds is 10. The number of aromatic nitrogens is 3. The molecule has 0 aliphatic heterocycles. The van der Waals surface area contributed by atoms with Gasteiger partial charge in [0, 0.05) is 12.2 Å². The summed E-state index contributed by atoms with van der Waals surface area (Å²) in [5.74, 6) is 1.09. The molecule has 0 aliphatic rings. The van der Waals surface area contributed by atoms with E-state index in [1.165, 1.54) is 12.1 Å². The van der Waals surface area contributed by atoms with Gasteiger partial charge in [-0.3, -0.25) is 9.36 Å². The first-order valence-corrected chi connectivity index (χ1v) is 10.7. The van der Waals surface area contributed by atoms with Crippen LogP contribution in [0.5, 0.6) is 11.5 Å². The summed E-state index contributed by atoms with van der Waals surface area (Å²) >= 11 is 1.10. The van der Waals surface area contributed by atoms with E-state index in [1.54, 1.807) is 29.9 Å². The second-order valence-electron chi connectivity index (χ2n) is 6.65. The molecule has 3 rings (SSSR count). The molecular weight excluding hydrogens is 457 g/mol. The Balaban J connectivity index is 1.63. The molecule has 0 atom stereocenters. The number of nitrogens with zero attached hydrogens (tertiary/aromatic N) is 3. The van der Waals surface area contributed by atoms with Crippen LogP contribution in [0.4, 0.5) is 18.9 Å². The van der Waals surface area contributed by atoms with Gasteiger partial charge in [-0.15, -0.1) is 16.8 Å². The number of amides is 1. The minimum Gasteiger partial charge on any atom is -0.493 e. The first kappa shape index (κ1) is 24.2. The summed E-state index contributed by atoms with van der Waals surface area (Å²) in [6.07, 6.45) is -2.83. The molecule has 1 aromatic heterocycles. The van der Waals surface area contributed by atoms with Crippen molar-refractivity contribution in [3.63, 3.8) is 0 Å². The zero-order valence-corrected chi connectivity index (χ0v) is 18.4. The van der Waals surface area contributed by atoms with E-state index in [0.29, 0.717) is 29.0 Å². The maximum atomic E-state index is 12.8. The van der Waals surface area contributed by atoms with Gasteiger partial charge in [-0.25, -0.2) is 0 Å². The standard InChI is InChI=1S/C22H21F3N4O3S/c1-3-11-29-19(13-32-18-10-5-4-9-17(18)31-2)27-28-21(29)33-14-20(30)26-16-8-6-7-15(12-16)22(23,24)25/h3-10,12H,1,11,13-14H2,2H3,(H,26,30). The lowest BCUT2D eigenvalue weighted by atomic mass is 10.2. The van der Waals surface area contributed by atoms with Crippen LogP contribution in [0, 0.1) is 0 Å². The summed E-state index contributed by atoms with van der Waals surface area (Å²) in [5.41, 5.74) is -0.771. The van der Waals surface area contributed by atoms with Crippen LogP contribution in [0.15, 0.2) is 66.3 Å². The van der Waals surface area contributed by atoms with Gasteiger partial charge in [0.15, 0.2) is 22.5 Å². The normalized spacial score (nSPS) is 11.2. The first-order valence-electron chi connectivity index (χ1n) is 9.70. The minimum absolute atomic E-state index is 0.0638. The summed E-state index contributed by atoms with van der Waals surface area (Å²) in [6.45, 7) is 4.22. The molecule has 2 aromatic carbocycles. The third kappa shape index (κ3) is 6.51. The molecule has 0 spiro atoms. The SMILES string of the molecule is C=CCn1c(COc2ccccc2OC)nnc1SCC(=O)Nc1cccc(C(F)(F)F)c1. The van der Waals surface area contributed by atoms with Crippen LogP contribution in [0.3, 0.4) is 0 Å². The van der Waals surface area contributed by atoms with Gasteiger partial charge >= 0.3 is 6.18 Å². The molecule has 0 unspecified atom stereocenters. The highest BCUT2D eigenvalue weighted by Crippen LogP contribution is 2.31. The van der Waals surface area contributed by atoms with Gasteiger partial charge in [0.05, 0.1) is 18.4 Å². The smallest absolute Gasteiger partial charge is 0.416 e. The molecule has 174 valence electrons. The third-order valence-electron chi connectivity index (χ3n) is 4.34. The van der Waals surface area contributed by atoms with Crippen LogP contribution in [-0.2, 0) is 24.1 Å². The number of carbonyl (C=O) groups excluding carboxylic acids is 1. The van der Waals surface area contributed by atoms with Crippen LogP contribution >= 0.6 is 11.8 Å². The van der Waals surface area contributed by atoms with Crippen molar-refractivity contribution < 1.29 is 27.4 Å². The molecule has 1 amide bonds. The fraction of sp³-hybridized carbons (Fsp3) is 0.227. The number of thioether (sulfide) groups is 1. The van der Waals surface area contributed by atoms with Crippen molar-refractivity contribution in [3.8, 4) is 11.5 Å². The molecule has 1 N–H and O–H groups in total. The number of carbonyl (C=O) groups is 1. The average molecular weight is 478 g/mol. The number of methoxy groups -OCH3 is 1. The number of allylic oxidation sites excluding steroid dienone is 1. The maximum Gasteiger partial charge on any atom is 0.416 e. The summed E-state index contributed by atoms with van der Waals surface area (Å²) in [5, 5.41) is 11.1. The van der Waals surface area contributed by atoms with Crippen LogP contribution in [0.1, 0.15) is 11.4 Å². The predicted octanol–water partition coefficient (Wildman–Crippen LogP) is 4.80. The van der Waals surface area contributed by atoms with Gasteiger partial charge in [0.2, 0.25) is 5.91 Å². The van der Waals surface area contributed by atoms with Crippen molar-refractivity contribution in [2.75, 3.05) is 18.2 Å². The molecule has 0 radical (unpaired) electrons. The van der Waals surface area contributed by atoms with E-state index < -0.39 is 17.6 Å². The molecular formula is C22H21F3N4O3S. The summed E-state index contributed by atoms with van der Waals surface area (Å²) in [7, 11) is 1.54. The number of hydrogen-bond donors (Lipinski definition) is 1. The Morgan fingerprint density at radius 3 is 2.64 bits per heavy atom. The van der Waals surface area contributed by atoms with Gasteiger partial charge in [-0.05, 0) is 30.3 Å². The molecule has 0 aliphatic carbocycles. The number of hydrogen-bond acceptors (Lipinski definition) is 6. The number of benzene rings is 2. The monoisotopic (exact) mass is 478 g/mol. The van der Waals surface area contributed by atoms with E-state index in [-0.39, 0.29) is 18.0 Å². The van der Waals surface area contributed by atoms with Gasteiger partial charge in [-0.2, -0.15) is 13.2 Å². The molecule has 7 nitrogen and oxygen atoms in total.